The lowest BCUT2D eigenvalue weighted by atomic mass is 9.68. The molecule has 3 heterocycles. The first-order valence-corrected chi connectivity index (χ1v) is 14.8. The van der Waals surface area contributed by atoms with Crippen LogP contribution in [-0.4, -0.2) is 101 Å². The van der Waals surface area contributed by atoms with Crippen molar-refractivity contribution in [3.63, 3.8) is 0 Å². The summed E-state index contributed by atoms with van der Waals surface area (Å²) in [5.74, 6) is -3.12. The first-order valence-electron chi connectivity index (χ1n) is 14.8. The number of likely N-dealkylation sites (N-methyl/N-ethyl adjacent to an activating group) is 1. The number of ether oxygens (including phenoxy) is 3. The summed E-state index contributed by atoms with van der Waals surface area (Å²) in [4.78, 5) is 71.4. The minimum atomic E-state index is -1.04. The van der Waals surface area contributed by atoms with Crippen molar-refractivity contribution in [2.75, 3.05) is 27.9 Å². The van der Waals surface area contributed by atoms with Gasteiger partial charge in [-0.2, -0.15) is 0 Å². The van der Waals surface area contributed by atoms with E-state index in [1.165, 1.54) is 35.0 Å². The van der Waals surface area contributed by atoms with Crippen molar-refractivity contribution in [3.8, 4) is 17.2 Å². The summed E-state index contributed by atoms with van der Waals surface area (Å²) in [5.41, 5.74) is 0.998. The molecule has 1 saturated heterocycles. The van der Waals surface area contributed by atoms with Crippen molar-refractivity contribution < 1.29 is 48.4 Å². The molecule has 5 rings (SSSR count). The Morgan fingerprint density at radius 3 is 2.24 bits per heavy atom. The second kappa shape index (κ2) is 11.6. The molecule has 1 aromatic rings. The topological polar surface area (TPSA) is 160 Å². The average molecular weight is 623 g/mol. The van der Waals surface area contributed by atoms with Crippen LogP contribution in [0.3, 0.4) is 0 Å². The number of nitrogens with zero attached hydrogens (tertiary/aromatic N) is 2. The molecule has 12 heteroatoms. The van der Waals surface area contributed by atoms with E-state index in [4.69, 9.17) is 14.2 Å². The van der Waals surface area contributed by atoms with Gasteiger partial charge in [-0.3, -0.25) is 29.0 Å². The Labute approximate surface area is 260 Å². The predicted octanol–water partition coefficient (Wildman–Crippen LogP) is 2.64. The first kappa shape index (κ1) is 32.1. The number of fused-ring (bicyclic) bond motifs is 6. The molecular formula is C33H38N2O10. The molecule has 4 aliphatic rings. The number of allylic oxidation sites excluding steroid dienone is 3. The van der Waals surface area contributed by atoms with Gasteiger partial charge in [-0.05, 0) is 48.1 Å². The first-order chi connectivity index (χ1) is 21.2. The van der Waals surface area contributed by atoms with Crippen LogP contribution in [0.15, 0.2) is 34.1 Å². The summed E-state index contributed by atoms with van der Waals surface area (Å²) in [6.45, 7) is 7.33. The quantitative estimate of drug-likeness (QED) is 0.198. The summed E-state index contributed by atoms with van der Waals surface area (Å²) in [6, 6.07) is -4.39. The van der Waals surface area contributed by atoms with Crippen LogP contribution in [0.4, 0.5) is 0 Å². The van der Waals surface area contributed by atoms with Crippen molar-refractivity contribution in [2.24, 2.45) is 0 Å². The lowest BCUT2D eigenvalue weighted by molar-refractivity contribution is -0.145. The van der Waals surface area contributed by atoms with E-state index in [9.17, 15) is 34.2 Å². The number of benzene rings is 1. The molecule has 12 nitrogen and oxygen atoms in total. The number of piperazine rings is 1. The second-order valence-electron chi connectivity index (χ2n) is 12.1. The maximum atomic E-state index is 14.3. The smallest absolute Gasteiger partial charge is 0.333 e. The molecule has 0 amide bonds. The molecule has 1 aromatic carbocycles. The van der Waals surface area contributed by atoms with Crippen molar-refractivity contribution in [1.29, 1.82) is 0 Å². The lowest BCUT2D eigenvalue weighted by Crippen LogP contribution is -2.72. The number of esters is 1. The van der Waals surface area contributed by atoms with Crippen LogP contribution in [0, 0.1) is 6.92 Å². The molecule has 0 spiro atoms. The third-order valence-corrected chi connectivity index (χ3v) is 9.73. The Morgan fingerprint density at radius 2 is 1.67 bits per heavy atom. The summed E-state index contributed by atoms with van der Waals surface area (Å²) in [6.07, 6.45) is 1.48. The van der Waals surface area contributed by atoms with Crippen molar-refractivity contribution in [3.05, 3.63) is 50.8 Å². The summed E-state index contributed by atoms with van der Waals surface area (Å²) < 4.78 is 16.5. The summed E-state index contributed by atoms with van der Waals surface area (Å²) in [7, 11) is 4.33. The Hall–Kier alpha value is -4.29. The third-order valence-electron chi connectivity index (χ3n) is 9.73. The predicted molar refractivity (Wildman–Crippen MR) is 160 cm³/mol. The van der Waals surface area contributed by atoms with E-state index in [1.54, 1.807) is 31.9 Å². The highest BCUT2D eigenvalue weighted by atomic mass is 16.5. The van der Waals surface area contributed by atoms with Gasteiger partial charge in [-0.1, -0.05) is 6.08 Å². The normalized spacial score (nSPS) is 26.8. The van der Waals surface area contributed by atoms with Gasteiger partial charge < -0.3 is 24.4 Å². The number of rotatable bonds is 7. The summed E-state index contributed by atoms with van der Waals surface area (Å²) >= 11 is 0. The van der Waals surface area contributed by atoms with Crippen LogP contribution < -0.4 is 4.74 Å². The maximum absolute atomic E-state index is 14.3. The van der Waals surface area contributed by atoms with Gasteiger partial charge in [-0.15, -0.1) is 0 Å². The highest BCUT2D eigenvalue weighted by Crippen LogP contribution is 2.56. The van der Waals surface area contributed by atoms with Gasteiger partial charge in [0.2, 0.25) is 5.78 Å². The molecule has 0 radical (unpaired) electrons. The van der Waals surface area contributed by atoms with Gasteiger partial charge in [0.25, 0.3) is 0 Å². The van der Waals surface area contributed by atoms with Gasteiger partial charge in [0, 0.05) is 51.9 Å². The molecule has 2 bridgehead atoms. The zero-order valence-electron chi connectivity index (χ0n) is 26.6. The molecule has 45 heavy (non-hydrogen) atoms. The van der Waals surface area contributed by atoms with Gasteiger partial charge in [-0.25, -0.2) is 4.79 Å². The molecule has 2 N–H and O–H groups in total. The van der Waals surface area contributed by atoms with Crippen LogP contribution in [0.1, 0.15) is 68.1 Å². The number of hydrogen-bond donors (Lipinski definition) is 2. The van der Waals surface area contributed by atoms with Gasteiger partial charge >= 0.3 is 5.97 Å². The van der Waals surface area contributed by atoms with Crippen LogP contribution in [-0.2, 0) is 28.7 Å². The number of Topliss-reactive ketones (excluding diaryl/α,β-unsaturated/α-hetero) is 4. The monoisotopic (exact) mass is 622 g/mol. The molecule has 240 valence electrons. The Kier molecular flexibility index (Phi) is 8.26. The van der Waals surface area contributed by atoms with Crippen LogP contribution in [0.25, 0.3) is 0 Å². The second-order valence-corrected chi connectivity index (χ2v) is 12.1. The number of phenols is 2. The lowest BCUT2D eigenvalue weighted by Gasteiger charge is -2.60. The average Bonchev–Trinajstić information content (AvgIpc) is 2.99. The minimum Gasteiger partial charge on any atom is -0.507 e. The van der Waals surface area contributed by atoms with Gasteiger partial charge in [0.05, 0.1) is 37.9 Å². The molecule has 1 fully saturated rings. The zero-order chi connectivity index (χ0) is 33.2. The molecule has 0 aromatic heterocycles. The Bertz CT molecular complexity index is 1650. The van der Waals surface area contributed by atoms with E-state index in [0.29, 0.717) is 5.57 Å². The molecule has 3 aliphatic heterocycles. The number of phenolic OH excluding ortho intramolecular Hbond substituents is 2. The standard InChI is InChI=1S/C33H38N2O10/c1-9-13(2)33(42)45-12-20-21-17(26(37)15(4)31(43-7)29(21)40)11-19-24-22-23(27(38)16(5)32(44-8)30(22)41)28(39)25(34(24)6)18(35(19)20)10-14(3)36/h9,18-20,24-25,38,41H,10-12H2,1-8H3/b13-9-/t18?,19?,20-,24-,25?/m0/s1. The Morgan fingerprint density at radius 1 is 1.00 bits per heavy atom. The van der Waals surface area contributed by atoms with E-state index in [-0.39, 0.29) is 81.6 Å². The summed E-state index contributed by atoms with van der Waals surface area (Å²) in [5, 5.41) is 22.8. The number of aromatic hydroxyl groups is 2. The number of methoxy groups -OCH3 is 2. The van der Waals surface area contributed by atoms with E-state index in [0.717, 1.165) is 0 Å². The van der Waals surface area contributed by atoms with Crippen LogP contribution in [0.5, 0.6) is 17.2 Å². The zero-order valence-corrected chi connectivity index (χ0v) is 26.6. The van der Waals surface area contributed by atoms with Gasteiger partial charge in [0.1, 0.15) is 18.1 Å². The third kappa shape index (κ3) is 4.61. The van der Waals surface area contributed by atoms with Crippen LogP contribution in [0.2, 0.25) is 0 Å². The largest absolute Gasteiger partial charge is 0.507 e. The number of carbonyl (C=O) groups excluding carboxylic acids is 5. The molecule has 1 aliphatic carbocycles. The molecule has 5 atom stereocenters. The van der Waals surface area contributed by atoms with Crippen molar-refractivity contribution in [2.45, 2.75) is 77.7 Å². The van der Waals surface area contributed by atoms with E-state index in [2.05, 4.69) is 0 Å². The number of ketones is 4. The van der Waals surface area contributed by atoms with Crippen molar-refractivity contribution >= 4 is 29.1 Å². The Balaban J connectivity index is 1.80. The fourth-order valence-corrected chi connectivity index (χ4v) is 7.61. The highest BCUT2D eigenvalue weighted by Gasteiger charge is 2.60. The molecule has 3 unspecified atom stereocenters. The molecular weight excluding hydrogens is 584 g/mol. The maximum Gasteiger partial charge on any atom is 0.333 e. The van der Waals surface area contributed by atoms with Crippen LogP contribution >= 0.6 is 0 Å². The molecule has 0 saturated carbocycles. The van der Waals surface area contributed by atoms with Gasteiger partial charge in [0.15, 0.2) is 28.8 Å². The number of hydrogen-bond acceptors (Lipinski definition) is 12. The fourth-order valence-electron chi connectivity index (χ4n) is 7.61. The highest BCUT2D eigenvalue weighted by molar-refractivity contribution is 6.25. The number of carbonyl (C=O) groups is 5. The van der Waals surface area contributed by atoms with E-state index >= 15 is 0 Å². The fraction of sp³-hybridized carbons (Fsp3) is 0.485. The minimum absolute atomic E-state index is 0.00114. The van der Waals surface area contributed by atoms with Crippen molar-refractivity contribution in [1.82, 2.24) is 9.80 Å². The van der Waals surface area contributed by atoms with E-state index < -0.39 is 53.5 Å². The SMILES string of the molecule is C/C=C(/C)C(=O)OC[C@H]1C2=C(CC3[C@H]4c5c(O)c(OC)c(C)c(O)c5C(=O)C(C(CC(C)=O)N31)N4C)C(=O)C(C)=C(OC)C2=O. The van der Waals surface area contributed by atoms with E-state index in [1.807, 2.05) is 4.90 Å².